The number of nitrogens with zero attached hydrogens (tertiary/aromatic N) is 3. The summed E-state index contributed by atoms with van der Waals surface area (Å²) < 4.78 is 10.9. The Labute approximate surface area is 124 Å². The normalized spacial score (nSPS) is 11.8. The van der Waals surface area contributed by atoms with Crippen molar-refractivity contribution in [3.8, 4) is 12.0 Å². The largest absolute Gasteiger partial charge is 0.467 e. The summed E-state index contributed by atoms with van der Waals surface area (Å²) in [5.41, 5.74) is 1.06. The fourth-order valence-electron chi connectivity index (χ4n) is 1.75. The number of aromatic nitrogens is 3. The minimum absolute atomic E-state index is 0.155. The molecule has 1 unspecified atom stereocenters. The van der Waals surface area contributed by atoms with E-state index >= 15 is 0 Å². The quantitative estimate of drug-likeness (QED) is 0.845. The van der Waals surface area contributed by atoms with E-state index in [9.17, 15) is 0 Å². The molecule has 6 heteroatoms. The van der Waals surface area contributed by atoms with Gasteiger partial charge in [0.1, 0.15) is 6.10 Å². The lowest BCUT2D eigenvalue weighted by molar-refractivity contribution is 0.203. The summed E-state index contributed by atoms with van der Waals surface area (Å²) in [5, 5.41) is 3.10. The number of rotatable bonds is 7. The molecule has 1 heterocycles. The third kappa shape index (κ3) is 4.30. The summed E-state index contributed by atoms with van der Waals surface area (Å²) in [7, 11) is 1.52. The molecule has 0 saturated carbocycles. The molecule has 0 aliphatic heterocycles. The molecular weight excluding hydrogens is 268 g/mol. The van der Waals surface area contributed by atoms with Crippen LogP contribution in [0.1, 0.15) is 31.9 Å². The third-order valence-corrected chi connectivity index (χ3v) is 2.86. The summed E-state index contributed by atoms with van der Waals surface area (Å²) in [5.74, 6) is 0.457. The van der Waals surface area contributed by atoms with Crippen molar-refractivity contribution in [3.05, 3.63) is 35.9 Å². The summed E-state index contributed by atoms with van der Waals surface area (Å²) in [6.45, 7) is 4.80. The molecule has 1 aromatic heterocycles. The van der Waals surface area contributed by atoms with Crippen LogP contribution in [0.5, 0.6) is 12.0 Å². The van der Waals surface area contributed by atoms with Crippen LogP contribution in [0.2, 0.25) is 0 Å². The Morgan fingerprint density at radius 2 is 1.81 bits per heavy atom. The van der Waals surface area contributed by atoms with E-state index < -0.39 is 0 Å². The molecule has 0 saturated heterocycles. The monoisotopic (exact) mass is 288 g/mol. The fraction of sp³-hybridized carbons (Fsp3) is 0.400. The molecule has 2 aromatic rings. The molecule has 21 heavy (non-hydrogen) atoms. The predicted molar refractivity (Wildman–Crippen MR) is 80.6 cm³/mol. The second kappa shape index (κ2) is 7.42. The first-order valence-corrected chi connectivity index (χ1v) is 6.98. The van der Waals surface area contributed by atoms with E-state index in [2.05, 4.69) is 27.2 Å². The zero-order valence-electron chi connectivity index (χ0n) is 12.5. The number of methoxy groups -OCH3 is 1. The molecule has 1 N–H and O–H groups in total. The van der Waals surface area contributed by atoms with E-state index in [-0.39, 0.29) is 18.1 Å². The molecular formula is C15H20N4O2. The van der Waals surface area contributed by atoms with Crippen LogP contribution in [0.3, 0.4) is 0 Å². The van der Waals surface area contributed by atoms with Gasteiger partial charge >= 0.3 is 12.0 Å². The minimum Gasteiger partial charge on any atom is -0.467 e. The van der Waals surface area contributed by atoms with E-state index in [4.69, 9.17) is 9.47 Å². The predicted octanol–water partition coefficient (Wildman–Crippen LogP) is 2.84. The molecule has 0 radical (unpaired) electrons. The Kier molecular flexibility index (Phi) is 5.31. The second-order valence-electron chi connectivity index (χ2n) is 4.53. The van der Waals surface area contributed by atoms with E-state index in [1.807, 2.05) is 37.3 Å². The van der Waals surface area contributed by atoms with Crippen molar-refractivity contribution in [2.24, 2.45) is 0 Å². The van der Waals surface area contributed by atoms with Crippen LogP contribution in [0.15, 0.2) is 30.3 Å². The Balaban J connectivity index is 2.14. The molecule has 0 spiro atoms. The Morgan fingerprint density at radius 3 is 2.48 bits per heavy atom. The molecule has 0 fully saturated rings. The van der Waals surface area contributed by atoms with Crippen LogP contribution in [0, 0.1) is 0 Å². The van der Waals surface area contributed by atoms with E-state index in [0.717, 1.165) is 18.5 Å². The first-order chi connectivity index (χ1) is 10.2. The first kappa shape index (κ1) is 15.0. The highest BCUT2D eigenvalue weighted by molar-refractivity contribution is 5.27. The minimum atomic E-state index is -0.155. The average Bonchev–Trinajstić information content (AvgIpc) is 2.53. The van der Waals surface area contributed by atoms with Gasteiger partial charge in [-0.25, -0.2) is 0 Å². The maximum absolute atomic E-state index is 5.78. The highest BCUT2D eigenvalue weighted by atomic mass is 16.5. The van der Waals surface area contributed by atoms with Crippen LogP contribution < -0.4 is 14.8 Å². The number of anilines is 1. The topological polar surface area (TPSA) is 69.2 Å². The smallest absolute Gasteiger partial charge is 0.325 e. The van der Waals surface area contributed by atoms with Crippen molar-refractivity contribution < 1.29 is 9.47 Å². The first-order valence-electron chi connectivity index (χ1n) is 6.98. The number of nitrogens with one attached hydrogen (secondary N) is 1. The lowest BCUT2D eigenvalue weighted by Gasteiger charge is -2.14. The van der Waals surface area contributed by atoms with Crippen molar-refractivity contribution in [2.75, 3.05) is 19.0 Å². The summed E-state index contributed by atoms with van der Waals surface area (Å²) >= 11 is 0. The van der Waals surface area contributed by atoms with Gasteiger partial charge in [-0.05, 0) is 18.9 Å². The third-order valence-electron chi connectivity index (χ3n) is 2.86. The van der Waals surface area contributed by atoms with Gasteiger partial charge in [0.2, 0.25) is 5.95 Å². The van der Waals surface area contributed by atoms with Crippen LogP contribution in [0.4, 0.5) is 5.95 Å². The molecule has 1 atom stereocenters. The number of hydrogen-bond donors (Lipinski definition) is 1. The van der Waals surface area contributed by atoms with Crippen LogP contribution in [-0.2, 0) is 0 Å². The molecule has 0 bridgehead atoms. The molecule has 0 amide bonds. The zero-order valence-corrected chi connectivity index (χ0v) is 12.5. The maximum Gasteiger partial charge on any atom is 0.325 e. The Hall–Kier alpha value is -2.37. The van der Waals surface area contributed by atoms with Gasteiger partial charge in [0.15, 0.2) is 0 Å². The zero-order chi connectivity index (χ0) is 15.1. The molecule has 112 valence electrons. The van der Waals surface area contributed by atoms with Gasteiger partial charge in [-0.2, -0.15) is 9.97 Å². The van der Waals surface area contributed by atoms with E-state index in [1.165, 1.54) is 7.11 Å². The highest BCUT2D eigenvalue weighted by Gasteiger charge is 2.12. The Bertz CT molecular complexity index is 563. The lowest BCUT2D eigenvalue weighted by Crippen LogP contribution is -2.10. The summed E-state index contributed by atoms with van der Waals surface area (Å²) in [6.07, 6.45) is 0.822. The standard InChI is InChI=1S/C15H20N4O2/c1-4-10-16-13-17-14(20-3)19-15(18-13)21-11(2)12-8-6-5-7-9-12/h5-9,11H,4,10H2,1-3H3,(H,16,17,18,19). The van der Waals surface area contributed by atoms with Gasteiger partial charge in [0, 0.05) is 6.54 Å². The second-order valence-corrected chi connectivity index (χ2v) is 4.53. The van der Waals surface area contributed by atoms with Crippen LogP contribution in [-0.4, -0.2) is 28.6 Å². The van der Waals surface area contributed by atoms with E-state index in [1.54, 1.807) is 0 Å². The Morgan fingerprint density at radius 1 is 1.10 bits per heavy atom. The highest BCUT2D eigenvalue weighted by Crippen LogP contribution is 2.20. The molecule has 1 aromatic carbocycles. The van der Waals surface area contributed by atoms with Crippen molar-refractivity contribution in [1.82, 2.24) is 15.0 Å². The summed E-state index contributed by atoms with van der Waals surface area (Å²) in [6, 6.07) is 10.4. The number of benzene rings is 1. The van der Waals surface area contributed by atoms with Gasteiger partial charge in [0.05, 0.1) is 7.11 Å². The molecule has 2 rings (SSSR count). The molecule has 0 aliphatic rings. The van der Waals surface area contributed by atoms with Crippen molar-refractivity contribution in [1.29, 1.82) is 0 Å². The van der Waals surface area contributed by atoms with Gasteiger partial charge in [0.25, 0.3) is 0 Å². The summed E-state index contributed by atoms with van der Waals surface area (Å²) in [4.78, 5) is 12.5. The molecule has 0 aliphatic carbocycles. The lowest BCUT2D eigenvalue weighted by atomic mass is 10.1. The van der Waals surface area contributed by atoms with Gasteiger partial charge < -0.3 is 14.8 Å². The van der Waals surface area contributed by atoms with Gasteiger partial charge in [-0.1, -0.05) is 37.3 Å². The number of hydrogen-bond acceptors (Lipinski definition) is 6. The maximum atomic E-state index is 5.78. The van der Waals surface area contributed by atoms with Crippen molar-refractivity contribution in [2.45, 2.75) is 26.4 Å². The van der Waals surface area contributed by atoms with Gasteiger partial charge in [-0.3, -0.25) is 0 Å². The fourth-order valence-corrected chi connectivity index (χ4v) is 1.75. The van der Waals surface area contributed by atoms with Crippen molar-refractivity contribution in [3.63, 3.8) is 0 Å². The van der Waals surface area contributed by atoms with Crippen LogP contribution in [0.25, 0.3) is 0 Å². The van der Waals surface area contributed by atoms with Gasteiger partial charge in [-0.15, -0.1) is 4.98 Å². The van der Waals surface area contributed by atoms with Crippen molar-refractivity contribution >= 4 is 5.95 Å². The molecule has 6 nitrogen and oxygen atoms in total. The van der Waals surface area contributed by atoms with Crippen LogP contribution >= 0.6 is 0 Å². The SMILES string of the molecule is CCCNc1nc(OC)nc(OC(C)c2ccccc2)n1. The average molecular weight is 288 g/mol. The number of ether oxygens (including phenoxy) is 2. The van der Waals surface area contributed by atoms with E-state index in [0.29, 0.717) is 5.95 Å².